The summed E-state index contributed by atoms with van der Waals surface area (Å²) >= 11 is 0. The molecule has 2 bridgehead atoms. The minimum absolute atomic E-state index is 0.103. The van der Waals surface area contributed by atoms with Crippen LogP contribution in [-0.4, -0.2) is 23.0 Å². The van der Waals surface area contributed by atoms with E-state index in [1.165, 1.54) is 0 Å². The molecular weight excluding hydrogens is 328 g/mol. The molecule has 4 heteroatoms. The minimum Gasteiger partial charge on any atom is -0.485 e. The first-order chi connectivity index (χ1) is 12.2. The minimum atomic E-state index is -1.26. The molecule has 4 atom stereocenters. The Morgan fingerprint density at radius 3 is 2.38 bits per heavy atom. The predicted octanol–water partition coefficient (Wildman–Crippen LogP) is 4.31. The first kappa shape index (κ1) is 16.3. The van der Waals surface area contributed by atoms with Crippen LogP contribution in [0.15, 0.2) is 24.3 Å². The maximum absolute atomic E-state index is 13.9. The highest BCUT2D eigenvalue weighted by Crippen LogP contribution is 2.76. The van der Waals surface area contributed by atoms with Crippen LogP contribution in [0.25, 0.3) is 0 Å². The standard InChI is InChI=1S/C22H26O4/c1-18(2)10-7-11-19(3)21(18)13-12-20(4)22(19,17(24)26-21)16(23)14-8-5-6-9-15(14)25-20/h5-6,8-9H,7,10-13H2,1-4H3/t19-,20-,21+,22-/m1/s1. The molecule has 2 saturated carbocycles. The van der Waals surface area contributed by atoms with E-state index in [9.17, 15) is 9.59 Å². The fourth-order valence-electron chi connectivity index (χ4n) is 7.20. The Hall–Kier alpha value is -1.84. The average molecular weight is 354 g/mol. The third kappa shape index (κ3) is 1.34. The van der Waals surface area contributed by atoms with E-state index in [4.69, 9.17) is 9.47 Å². The summed E-state index contributed by atoms with van der Waals surface area (Å²) in [5.74, 6) is 0.125. The van der Waals surface area contributed by atoms with Gasteiger partial charge in [0.05, 0.1) is 5.56 Å². The molecular formula is C22H26O4. The summed E-state index contributed by atoms with van der Waals surface area (Å²) in [6.45, 7) is 8.46. The third-order valence-electron chi connectivity index (χ3n) is 8.42. The number of Topliss-reactive ketones (excluding diaryl/α,β-unsaturated/α-hetero) is 1. The van der Waals surface area contributed by atoms with Crippen molar-refractivity contribution in [2.45, 2.75) is 71.0 Å². The van der Waals surface area contributed by atoms with Crippen molar-refractivity contribution in [1.29, 1.82) is 0 Å². The van der Waals surface area contributed by atoms with E-state index in [0.717, 1.165) is 25.7 Å². The van der Waals surface area contributed by atoms with E-state index >= 15 is 0 Å². The van der Waals surface area contributed by atoms with E-state index in [-0.39, 0.29) is 17.2 Å². The van der Waals surface area contributed by atoms with Crippen molar-refractivity contribution >= 4 is 11.8 Å². The van der Waals surface area contributed by atoms with Crippen LogP contribution < -0.4 is 4.74 Å². The Labute approximate surface area is 154 Å². The maximum atomic E-state index is 13.9. The van der Waals surface area contributed by atoms with Gasteiger partial charge in [0.25, 0.3) is 0 Å². The van der Waals surface area contributed by atoms with Crippen molar-refractivity contribution in [2.24, 2.45) is 16.2 Å². The molecule has 26 heavy (non-hydrogen) atoms. The molecule has 0 unspecified atom stereocenters. The summed E-state index contributed by atoms with van der Waals surface area (Å²) < 4.78 is 12.7. The number of hydrogen-bond acceptors (Lipinski definition) is 4. The molecule has 1 spiro atoms. The van der Waals surface area contributed by atoms with Crippen molar-refractivity contribution in [3.8, 4) is 5.75 Å². The zero-order chi connectivity index (χ0) is 18.6. The summed E-state index contributed by atoms with van der Waals surface area (Å²) in [6, 6.07) is 7.33. The van der Waals surface area contributed by atoms with Gasteiger partial charge in [0.2, 0.25) is 0 Å². The SMILES string of the molecule is CC1(C)CCC[C@@]2(C)[C@@]34C(=O)O[C@@]12CC[C@@]3(C)Oc1ccccc1C4=O. The van der Waals surface area contributed by atoms with Crippen molar-refractivity contribution in [2.75, 3.05) is 0 Å². The second-order valence-corrected chi connectivity index (χ2v) is 9.69. The molecule has 0 amide bonds. The van der Waals surface area contributed by atoms with Crippen LogP contribution in [0.3, 0.4) is 0 Å². The molecule has 0 aromatic heterocycles. The second kappa shape index (κ2) is 4.35. The number of rotatable bonds is 0. The quantitative estimate of drug-likeness (QED) is 0.514. The lowest BCUT2D eigenvalue weighted by Crippen LogP contribution is -2.74. The molecule has 2 aliphatic carbocycles. The van der Waals surface area contributed by atoms with Crippen LogP contribution in [0, 0.1) is 16.2 Å². The fourth-order valence-corrected chi connectivity index (χ4v) is 7.20. The van der Waals surface area contributed by atoms with E-state index in [2.05, 4.69) is 20.8 Å². The molecule has 1 aromatic carbocycles. The molecule has 1 aromatic rings. The number of esters is 1. The third-order valence-corrected chi connectivity index (χ3v) is 8.42. The summed E-state index contributed by atoms with van der Waals surface area (Å²) in [6.07, 6.45) is 4.21. The molecule has 4 nitrogen and oxygen atoms in total. The summed E-state index contributed by atoms with van der Waals surface area (Å²) in [5, 5.41) is 0. The van der Waals surface area contributed by atoms with Gasteiger partial charge in [0, 0.05) is 10.8 Å². The predicted molar refractivity (Wildman–Crippen MR) is 96.0 cm³/mol. The van der Waals surface area contributed by atoms with Gasteiger partial charge in [-0.05, 0) is 44.7 Å². The van der Waals surface area contributed by atoms with E-state index < -0.39 is 22.0 Å². The van der Waals surface area contributed by atoms with Gasteiger partial charge in [0.15, 0.2) is 11.2 Å². The van der Waals surface area contributed by atoms with Gasteiger partial charge in [0.1, 0.15) is 17.0 Å². The fraction of sp³-hybridized carbons (Fsp3) is 0.636. The van der Waals surface area contributed by atoms with Crippen LogP contribution in [-0.2, 0) is 9.53 Å². The van der Waals surface area contributed by atoms with Crippen molar-refractivity contribution in [3.63, 3.8) is 0 Å². The van der Waals surface area contributed by atoms with Crippen LogP contribution in [0.2, 0.25) is 0 Å². The van der Waals surface area contributed by atoms with Crippen LogP contribution in [0.5, 0.6) is 5.75 Å². The molecule has 138 valence electrons. The molecule has 2 heterocycles. The van der Waals surface area contributed by atoms with Gasteiger partial charge < -0.3 is 9.47 Å². The number of fused-ring (bicyclic) bond motifs is 1. The Balaban J connectivity index is 1.85. The largest absolute Gasteiger partial charge is 0.485 e. The van der Waals surface area contributed by atoms with E-state index in [1.807, 2.05) is 25.1 Å². The monoisotopic (exact) mass is 354 g/mol. The van der Waals surface area contributed by atoms with Crippen molar-refractivity contribution in [1.82, 2.24) is 0 Å². The molecule has 0 N–H and O–H groups in total. The smallest absolute Gasteiger partial charge is 0.325 e. The molecule has 0 radical (unpaired) electrons. The molecule has 5 rings (SSSR count). The molecule has 4 aliphatic rings. The normalized spacial score (nSPS) is 45.1. The van der Waals surface area contributed by atoms with Gasteiger partial charge in [-0.25, -0.2) is 0 Å². The second-order valence-electron chi connectivity index (χ2n) is 9.69. The molecule has 3 fully saturated rings. The molecule has 2 aliphatic heterocycles. The van der Waals surface area contributed by atoms with Gasteiger partial charge in [-0.3, -0.25) is 9.59 Å². The Kier molecular flexibility index (Phi) is 2.73. The van der Waals surface area contributed by atoms with Crippen LogP contribution in [0.4, 0.5) is 0 Å². The van der Waals surface area contributed by atoms with Gasteiger partial charge in [-0.15, -0.1) is 0 Å². The highest BCUT2D eigenvalue weighted by molar-refractivity contribution is 6.18. The number of benzene rings is 1. The van der Waals surface area contributed by atoms with Gasteiger partial charge >= 0.3 is 5.97 Å². The number of ether oxygens (including phenoxy) is 2. The number of ketones is 1. The summed E-state index contributed by atoms with van der Waals surface area (Å²) in [4.78, 5) is 27.5. The van der Waals surface area contributed by atoms with Crippen molar-refractivity contribution < 1.29 is 19.1 Å². The van der Waals surface area contributed by atoms with Gasteiger partial charge in [-0.2, -0.15) is 0 Å². The average Bonchev–Trinajstić information content (AvgIpc) is 2.70. The van der Waals surface area contributed by atoms with Gasteiger partial charge in [-0.1, -0.05) is 39.3 Å². The topological polar surface area (TPSA) is 52.6 Å². The van der Waals surface area contributed by atoms with Crippen molar-refractivity contribution in [3.05, 3.63) is 29.8 Å². The molecule has 1 saturated heterocycles. The maximum Gasteiger partial charge on any atom is 0.325 e. The van der Waals surface area contributed by atoms with Crippen LogP contribution >= 0.6 is 0 Å². The Morgan fingerprint density at radius 2 is 1.62 bits per heavy atom. The highest BCUT2D eigenvalue weighted by Gasteiger charge is 2.87. The first-order valence-electron chi connectivity index (χ1n) is 9.72. The lowest BCUT2D eigenvalue weighted by atomic mass is 9.38. The lowest BCUT2D eigenvalue weighted by Gasteiger charge is -2.65. The Morgan fingerprint density at radius 1 is 0.885 bits per heavy atom. The van der Waals surface area contributed by atoms with E-state index in [0.29, 0.717) is 17.7 Å². The zero-order valence-electron chi connectivity index (χ0n) is 16.0. The van der Waals surface area contributed by atoms with E-state index in [1.54, 1.807) is 6.07 Å². The number of carbonyl (C=O) groups is 2. The lowest BCUT2D eigenvalue weighted by molar-refractivity contribution is -0.217. The Bertz CT molecular complexity index is 857. The first-order valence-corrected chi connectivity index (χ1v) is 9.72. The zero-order valence-corrected chi connectivity index (χ0v) is 16.0. The number of hydrogen-bond donors (Lipinski definition) is 0. The summed E-state index contributed by atoms with van der Waals surface area (Å²) in [7, 11) is 0. The number of para-hydroxylation sites is 1. The highest BCUT2D eigenvalue weighted by atomic mass is 16.6. The van der Waals surface area contributed by atoms with Crippen LogP contribution in [0.1, 0.15) is 70.2 Å². The summed E-state index contributed by atoms with van der Waals surface area (Å²) in [5.41, 5.74) is -2.92. The number of carbonyl (C=O) groups excluding carboxylic acids is 2.